The highest BCUT2D eigenvalue weighted by molar-refractivity contribution is 6.35. The minimum Gasteiger partial charge on any atom is -0.503 e. The SMILES string of the molecule is Oc1c(O)c(O)c(N(c2ccccc2)c2ccc(-c3ccc4c5cccc6c(-c7ccc(N(c8ccccc8)c8c(O)c(O)c(O)c(O)c8O)cc7)ccc(c7cccc3c74)c65)cc2)c(O)c1O. The van der Waals surface area contributed by atoms with Crippen LogP contribution in [-0.4, -0.2) is 51.1 Å². The van der Waals surface area contributed by atoms with Crippen molar-refractivity contribution in [2.75, 3.05) is 9.80 Å². The van der Waals surface area contributed by atoms with Crippen LogP contribution in [0.1, 0.15) is 0 Å². The van der Waals surface area contributed by atoms with Gasteiger partial charge in [0.15, 0.2) is 23.0 Å². The summed E-state index contributed by atoms with van der Waals surface area (Å²) >= 11 is 0. The molecule has 0 saturated carbocycles. The Bertz CT molecular complexity index is 3460. The molecule has 332 valence electrons. The van der Waals surface area contributed by atoms with Gasteiger partial charge in [-0.15, -0.1) is 0 Å². The van der Waals surface area contributed by atoms with E-state index in [1.54, 1.807) is 84.9 Å². The van der Waals surface area contributed by atoms with Crippen molar-refractivity contribution in [1.82, 2.24) is 0 Å². The van der Waals surface area contributed by atoms with Gasteiger partial charge in [0, 0.05) is 22.7 Å². The average Bonchev–Trinajstić information content (AvgIpc) is 3.38. The summed E-state index contributed by atoms with van der Waals surface area (Å²) in [6.07, 6.45) is 0. The maximum Gasteiger partial charge on any atom is 0.208 e. The molecule has 0 bridgehead atoms. The van der Waals surface area contributed by atoms with Crippen LogP contribution >= 0.6 is 0 Å². The monoisotopic (exact) mass is 898 g/mol. The fraction of sp³-hybridized carbons (Fsp3) is 0. The third kappa shape index (κ3) is 6.08. The van der Waals surface area contributed by atoms with Gasteiger partial charge >= 0.3 is 0 Å². The van der Waals surface area contributed by atoms with Gasteiger partial charge in [0.2, 0.25) is 34.5 Å². The predicted octanol–water partition coefficient (Wildman–Crippen LogP) is 13.1. The molecule has 0 aromatic heterocycles. The van der Waals surface area contributed by atoms with Gasteiger partial charge in [0.25, 0.3) is 0 Å². The number of phenols is 10. The molecule has 11 rings (SSSR count). The molecule has 12 heteroatoms. The second-order valence-corrected chi connectivity index (χ2v) is 16.4. The first-order valence-electron chi connectivity index (χ1n) is 21.4. The summed E-state index contributed by atoms with van der Waals surface area (Å²) in [5.74, 6) is -9.27. The molecule has 0 unspecified atom stereocenters. The number of phenolic OH excluding ortho intramolecular Hbond substituents is 10. The second-order valence-electron chi connectivity index (χ2n) is 16.4. The Balaban J connectivity index is 1.01. The summed E-state index contributed by atoms with van der Waals surface area (Å²) in [5.41, 5.74) is 5.00. The first-order chi connectivity index (χ1) is 32.9. The number of para-hydroxylation sites is 2. The molecule has 11 aromatic carbocycles. The smallest absolute Gasteiger partial charge is 0.208 e. The highest BCUT2D eigenvalue weighted by atomic mass is 16.4. The van der Waals surface area contributed by atoms with Crippen LogP contribution in [0.2, 0.25) is 0 Å². The highest BCUT2D eigenvalue weighted by Gasteiger charge is 2.31. The summed E-state index contributed by atoms with van der Waals surface area (Å²) in [4.78, 5) is 2.94. The van der Waals surface area contributed by atoms with Crippen LogP contribution in [0.4, 0.5) is 34.1 Å². The number of fused-ring (bicyclic) bond motifs is 2. The van der Waals surface area contributed by atoms with Crippen molar-refractivity contribution in [3.8, 4) is 79.7 Å². The Labute approximate surface area is 386 Å². The molecule has 0 aliphatic carbocycles. The van der Waals surface area contributed by atoms with Gasteiger partial charge in [0.05, 0.1) is 0 Å². The number of anilines is 6. The van der Waals surface area contributed by atoms with E-state index in [2.05, 4.69) is 48.5 Å². The lowest BCUT2D eigenvalue weighted by molar-refractivity contribution is 0.329. The summed E-state index contributed by atoms with van der Waals surface area (Å²) in [6, 6.07) is 53.5. The maximum atomic E-state index is 11.0. The Morgan fingerprint density at radius 3 is 0.838 bits per heavy atom. The molecule has 0 atom stereocenters. The Kier molecular flexibility index (Phi) is 9.35. The summed E-state index contributed by atoms with van der Waals surface area (Å²) < 4.78 is 0. The molecule has 0 fully saturated rings. The Hall–Kier alpha value is -9.68. The number of aromatic hydroxyl groups is 10. The number of hydrogen-bond donors (Lipinski definition) is 10. The minimum atomic E-state index is -1.04. The predicted molar refractivity (Wildman–Crippen MR) is 265 cm³/mol. The van der Waals surface area contributed by atoms with Crippen LogP contribution in [0.15, 0.2) is 170 Å². The lowest BCUT2D eigenvalue weighted by atomic mass is 9.85. The molecular formula is C56H38N2O10. The van der Waals surface area contributed by atoms with E-state index in [4.69, 9.17) is 0 Å². The van der Waals surface area contributed by atoms with Crippen LogP contribution < -0.4 is 9.80 Å². The quantitative estimate of drug-likeness (QED) is 0.0299. The lowest BCUT2D eigenvalue weighted by Gasteiger charge is -2.27. The summed E-state index contributed by atoms with van der Waals surface area (Å²) in [6.45, 7) is 0. The van der Waals surface area contributed by atoms with Crippen molar-refractivity contribution in [1.29, 1.82) is 0 Å². The zero-order valence-corrected chi connectivity index (χ0v) is 35.5. The Morgan fingerprint density at radius 2 is 0.500 bits per heavy atom. The normalized spacial score (nSPS) is 11.5. The van der Waals surface area contributed by atoms with E-state index in [1.165, 1.54) is 9.80 Å². The van der Waals surface area contributed by atoms with E-state index in [9.17, 15) is 51.1 Å². The van der Waals surface area contributed by atoms with Gasteiger partial charge in [-0.2, -0.15) is 0 Å². The fourth-order valence-corrected chi connectivity index (χ4v) is 9.53. The molecule has 0 aliphatic heterocycles. The number of hydrogen-bond acceptors (Lipinski definition) is 12. The van der Waals surface area contributed by atoms with Gasteiger partial charge in [-0.3, -0.25) is 0 Å². The average molecular weight is 899 g/mol. The number of benzene rings is 11. The molecule has 12 nitrogen and oxygen atoms in total. The first kappa shape index (κ1) is 41.1. The Morgan fingerprint density at radius 1 is 0.221 bits per heavy atom. The molecule has 0 radical (unpaired) electrons. The van der Waals surface area contributed by atoms with Crippen LogP contribution in [0.3, 0.4) is 0 Å². The highest BCUT2D eigenvalue weighted by Crippen LogP contribution is 2.60. The van der Waals surface area contributed by atoms with Crippen LogP contribution in [0.25, 0.3) is 65.3 Å². The standard InChI is InChI=1S/C56H38N2O10/c59-47-45(48(60)52(64)55(67)51(47)63)57(31-9-3-1-4-10-31)33-21-17-29(18-22-33)35-25-27-41-40-16-8-14-38-36(26-28-42(44(38)40)39-15-7-13-37(35)43(39)41)30-19-23-34(24-20-30)58(32-11-5-2-6-12-32)46-49(61)53(65)56(68)54(66)50(46)62/h1-28,59-68H. The van der Waals surface area contributed by atoms with Crippen LogP contribution in [0, 0.1) is 0 Å². The van der Waals surface area contributed by atoms with Gasteiger partial charge in [-0.25, -0.2) is 0 Å². The van der Waals surface area contributed by atoms with Gasteiger partial charge in [-0.05, 0) is 114 Å². The van der Waals surface area contributed by atoms with Crippen molar-refractivity contribution in [3.63, 3.8) is 0 Å². The van der Waals surface area contributed by atoms with Crippen molar-refractivity contribution in [2.24, 2.45) is 0 Å². The molecule has 0 aliphatic rings. The first-order valence-corrected chi connectivity index (χ1v) is 21.4. The van der Waals surface area contributed by atoms with E-state index in [0.29, 0.717) is 22.7 Å². The van der Waals surface area contributed by atoms with E-state index in [1.807, 2.05) is 36.4 Å². The molecule has 68 heavy (non-hydrogen) atoms. The van der Waals surface area contributed by atoms with Gasteiger partial charge in [0.1, 0.15) is 11.4 Å². The van der Waals surface area contributed by atoms with Crippen molar-refractivity contribution >= 4 is 77.2 Å². The van der Waals surface area contributed by atoms with E-state index in [-0.39, 0.29) is 11.4 Å². The van der Waals surface area contributed by atoms with Gasteiger partial charge < -0.3 is 60.9 Å². The van der Waals surface area contributed by atoms with E-state index in [0.717, 1.165) is 65.3 Å². The maximum absolute atomic E-state index is 11.0. The summed E-state index contributed by atoms with van der Waals surface area (Å²) in [7, 11) is 0. The summed E-state index contributed by atoms with van der Waals surface area (Å²) in [5, 5.41) is 115. The lowest BCUT2D eigenvalue weighted by Crippen LogP contribution is -2.10. The zero-order valence-electron chi connectivity index (χ0n) is 35.5. The minimum absolute atomic E-state index is 0.322. The molecule has 0 spiro atoms. The molecular weight excluding hydrogens is 861 g/mol. The molecule has 10 N–H and O–H groups in total. The number of rotatable bonds is 8. The van der Waals surface area contributed by atoms with Gasteiger partial charge in [-0.1, -0.05) is 121 Å². The number of nitrogens with zero attached hydrogens (tertiary/aromatic N) is 2. The molecule has 0 amide bonds. The zero-order chi connectivity index (χ0) is 47.1. The fourth-order valence-electron chi connectivity index (χ4n) is 9.53. The van der Waals surface area contributed by atoms with Crippen molar-refractivity contribution < 1.29 is 51.1 Å². The second kappa shape index (κ2) is 15.5. The van der Waals surface area contributed by atoms with Crippen LogP contribution in [-0.2, 0) is 0 Å². The topological polar surface area (TPSA) is 209 Å². The van der Waals surface area contributed by atoms with E-state index >= 15 is 0 Å². The molecule has 11 aromatic rings. The largest absolute Gasteiger partial charge is 0.503 e. The third-order valence-corrected chi connectivity index (χ3v) is 12.7. The van der Waals surface area contributed by atoms with Crippen molar-refractivity contribution in [3.05, 3.63) is 170 Å². The third-order valence-electron chi connectivity index (χ3n) is 12.7. The van der Waals surface area contributed by atoms with Crippen LogP contribution in [0.5, 0.6) is 57.5 Å². The molecule has 0 heterocycles. The van der Waals surface area contributed by atoms with Crippen molar-refractivity contribution in [2.45, 2.75) is 0 Å². The van der Waals surface area contributed by atoms with E-state index < -0.39 is 57.5 Å². The molecule has 0 saturated heterocycles.